The van der Waals surface area contributed by atoms with E-state index in [2.05, 4.69) is 44.9 Å². The first kappa shape index (κ1) is 12.7. The third-order valence-electron chi connectivity index (χ3n) is 4.25. The van der Waals surface area contributed by atoms with Crippen molar-refractivity contribution in [3.63, 3.8) is 0 Å². The molecule has 0 amide bonds. The highest BCUT2D eigenvalue weighted by atomic mass is 32.2. The van der Waals surface area contributed by atoms with Crippen LogP contribution in [0, 0.1) is 5.41 Å². The molecule has 0 radical (unpaired) electrons. The molecular weight excluding hydrogens is 218 g/mol. The van der Waals surface area contributed by atoms with Gasteiger partial charge in [0.2, 0.25) is 0 Å². The fourth-order valence-electron chi connectivity index (χ4n) is 3.18. The van der Waals surface area contributed by atoms with E-state index >= 15 is 0 Å². The maximum Gasteiger partial charge on any atom is 0.0666 e. The van der Waals surface area contributed by atoms with Crippen LogP contribution in [0.4, 0.5) is 0 Å². The molecule has 0 bridgehead atoms. The highest BCUT2D eigenvalue weighted by Gasteiger charge is 2.43. The highest BCUT2D eigenvalue weighted by molar-refractivity contribution is 8.00. The summed E-state index contributed by atoms with van der Waals surface area (Å²) < 4.78 is 5.66. The zero-order chi connectivity index (χ0) is 11.8. The summed E-state index contributed by atoms with van der Waals surface area (Å²) in [7, 11) is 2.11. The van der Waals surface area contributed by atoms with Crippen molar-refractivity contribution in [2.75, 3.05) is 13.7 Å². The smallest absolute Gasteiger partial charge is 0.0666 e. The molecule has 2 rings (SSSR count). The number of hydrogen-bond donors (Lipinski definition) is 1. The normalized spacial score (nSPS) is 42.8. The Labute approximate surface area is 104 Å². The monoisotopic (exact) mass is 243 g/mol. The summed E-state index contributed by atoms with van der Waals surface area (Å²) >= 11 is 2.17. The number of ether oxygens (including phenoxy) is 1. The Kier molecular flexibility index (Phi) is 3.87. The second kappa shape index (κ2) is 4.87. The van der Waals surface area contributed by atoms with Crippen molar-refractivity contribution < 1.29 is 4.74 Å². The van der Waals surface area contributed by atoms with Gasteiger partial charge in [0.15, 0.2) is 0 Å². The van der Waals surface area contributed by atoms with Crippen LogP contribution in [-0.4, -0.2) is 36.3 Å². The summed E-state index contributed by atoms with van der Waals surface area (Å²) in [6, 6.07) is 0.658. The summed E-state index contributed by atoms with van der Waals surface area (Å²) in [4.78, 5) is 0. The number of hydrogen-bond acceptors (Lipinski definition) is 3. The van der Waals surface area contributed by atoms with Crippen LogP contribution in [0.1, 0.15) is 40.0 Å². The van der Waals surface area contributed by atoms with E-state index in [1.54, 1.807) is 0 Å². The van der Waals surface area contributed by atoms with Crippen molar-refractivity contribution in [3.05, 3.63) is 0 Å². The molecule has 1 N–H and O–H groups in total. The Hall–Kier alpha value is 0.270. The Morgan fingerprint density at radius 1 is 1.25 bits per heavy atom. The largest absolute Gasteiger partial charge is 0.377 e. The maximum atomic E-state index is 5.66. The van der Waals surface area contributed by atoms with Gasteiger partial charge in [-0.1, -0.05) is 13.8 Å². The molecule has 1 aliphatic carbocycles. The summed E-state index contributed by atoms with van der Waals surface area (Å²) in [5, 5.41) is 5.02. The lowest BCUT2D eigenvalue weighted by molar-refractivity contribution is 0.127. The third kappa shape index (κ3) is 2.41. The summed E-state index contributed by atoms with van der Waals surface area (Å²) in [5.74, 6) is 0. The van der Waals surface area contributed by atoms with Gasteiger partial charge in [0.1, 0.15) is 0 Å². The lowest BCUT2D eigenvalue weighted by Gasteiger charge is -2.31. The fourth-order valence-corrected chi connectivity index (χ4v) is 5.07. The molecule has 0 spiro atoms. The van der Waals surface area contributed by atoms with Gasteiger partial charge in [-0.05, 0) is 38.6 Å². The molecule has 2 nitrogen and oxygen atoms in total. The highest BCUT2D eigenvalue weighted by Crippen LogP contribution is 2.45. The first-order chi connectivity index (χ1) is 7.54. The van der Waals surface area contributed by atoms with Crippen LogP contribution in [0.5, 0.6) is 0 Å². The van der Waals surface area contributed by atoms with Crippen LogP contribution in [0.15, 0.2) is 0 Å². The molecule has 4 unspecified atom stereocenters. The van der Waals surface area contributed by atoms with Crippen LogP contribution in [0.3, 0.4) is 0 Å². The van der Waals surface area contributed by atoms with Gasteiger partial charge in [-0.15, -0.1) is 0 Å². The van der Waals surface area contributed by atoms with E-state index in [1.807, 2.05) is 0 Å². The summed E-state index contributed by atoms with van der Waals surface area (Å²) in [6.45, 7) is 7.96. The molecule has 2 fully saturated rings. The number of nitrogens with one attached hydrogen (secondary N) is 1. The van der Waals surface area contributed by atoms with Crippen LogP contribution in [0.2, 0.25) is 0 Å². The standard InChI is InChI=1S/C13H25NOS/c1-9-10(6-8-15-9)16-11-5-7-13(2,3)12(11)14-4/h9-12,14H,5-8H2,1-4H3. The zero-order valence-electron chi connectivity index (χ0n) is 11.0. The topological polar surface area (TPSA) is 21.3 Å². The molecule has 1 aliphatic heterocycles. The van der Waals surface area contributed by atoms with Crippen LogP contribution >= 0.6 is 11.8 Å². The predicted molar refractivity (Wildman–Crippen MR) is 71.1 cm³/mol. The third-order valence-corrected chi connectivity index (χ3v) is 6.08. The molecule has 1 saturated heterocycles. The van der Waals surface area contributed by atoms with Crippen LogP contribution in [0.25, 0.3) is 0 Å². The second-order valence-electron chi connectivity index (χ2n) is 5.87. The fraction of sp³-hybridized carbons (Fsp3) is 1.00. The van der Waals surface area contributed by atoms with Gasteiger partial charge >= 0.3 is 0 Å². The van der Waals surface area contributed by atoms with Gasteiger partial charge in [0.25, 0.3) is 0 Å². The minimum atomic E-state index is 0.450. The van der Waals surface area contributed by atoms with Gasteiger partial charge in [-0.2, -0.15) is 11.8 Å². The van der Waals surface area contributed by atoms with E-state index in [0.29, 0.717) is 17.6 Å². The Morgan fingerprint density at radius 2 is 2.00 bits per heavy atom. The van der Waals surface area contributed by atoms with Gasteiger partial charge in [0, 0.05) is 23.1 Å². The van der Waals surface area contributed by atoms with Crippen molar-refractivity contribution >= 4 is 11.8 Å². The van der Waals surface area contributed by atoms with E-state index < -0.39 is 0 Å². The molecule has 4 atom stereocenters. The van der Waals surface area contributed by atoms with Crippen LogP contribution in [-0.2, 0) is 4.74 Å². The average Bonchev–Trinajstić information content (AvgIpc) is 2.73. The van der Waals surface area contributed by atoms with Gasteiger partial charge in [0.05, 0.1) is 6.10 Å². The first-order valence-electron chi connectivity index (χ1n) is 6.49. The minimum Gasteiger partial charge on any atom is -0.377 e. The van der Waals surface area contributed by atoms with Crippen molar-refractivity contribution in [3.8, 4) is 0 Å². The molecule has 0 aromatic rings. The summed E-state index contributed by atoms with van der Waals surface area (Å²) in [5.41, 5.74) is 0.453. The van der Waals surface area contributed by atoms with Crippen molar-refractivity contribution in [1.29, 1.82) is 0 Å². The Balaban J connectivity index is 1.95. The molecule has 0 aromatic heterocycles. The van der Waals surface area contributed by atoms with E-state index in [4.69, 9.17) is 4.74 Å². The lowest BCUT2D eigenvalue weighted by atomic mass is 9.87. The minimum absolute atomic E-state index is 0.450. The molecule has 2 aliphatic rings. The first-order valence-corrected chi connectivity index (χ1v) is 7.43. The van der Waals surface area contributed by atoms with E-state index in [0.717, 1.165) is 17.1 Å². The Morgan fingerprint density at radius 3 is 2.56 bits per heavy atom. The Bertz CT molecular complexity index is 244. The molecule has 3 heteroatoms. The van der Waals surface area contributed by atoms with Crippen molar-refractivity contribution in [2.24, 2.45) is 5.41 Å². The van der Waals surface area contributed by atoms with Crippen molar-refractivity contribution in [1.82, 2.24) is 5.32 Å². The second-order valence-corrected chi connectivity index (χ2v) is 7.35. The quantitative estimate of drug-likeness (QED) is 0.823. The lowest BCUT2D eigenvalue weighted by Crippen LogP contribution is -2.42. The average molecular weight is 243 g/mol. The molecular formula is C13H25NOS. The van der Waals surface area contributed by atoms with Crippen molar-refractivity contribution in [2.45, 2.75) is 62.7 Å². The molecule has 94 valence electrons. The van der Waals surface area contributed by atoms with E-state index in [-0.39, 0.29) is 0 Å². The van der Waals surface area contributed by atoms with Gasteiger partial charge in [-0.3, -0.25) is 0 Å². The van der Waals surface area contributed by atoms with Gasteiger partial charge in [-0.25, -0.2) is 0 Å². The summed E-state index contributed by atoms with van der Waals surface area (Å²) in [6.07, 6.45) is 4.38. The zero-order valence-corrected chi connectivity index (χ0v) is 11.8. The van der Waals surface area contributed by atoms with Crippen LogP contribution < -0.4 is 5.32 Å². The number of thioether (sulfide) groups is 1. The molecule has 1 heterocycles. The maximum absolute atomic E-state index is 5.66. The predicted octanol–water partition coefficient (Wildman–Crippen LogP) is 2.67. The van der Waals surface area contributed by atoms with E-state index in [9.17, 15) is 0 Å². The van der Waals surface area contributed by atoms with Gasteiger partial charge < -0.3 is 10.1 Å². The van der Waals surface area contributed by atoms with E-state index in [1.165, 1.54) is 19.3 Å². The number of rotatable bonds is 3. The molecule has 0 aromatic carbocycles. The molecule has 1 saturated carbocycles. The molecule has 16 heavy (non-hydrogen) atoms. The SMILES string of the molecule is CNC1C(SC2CCOC2C)CCC1(C)C.